The van der Waals surface area contributed by atoms with Gasteiger partial charge in [0.2, 0.25) is 0 Å². The first-order valence-electron chi connectivity index (χ1n) is 8.45. The minimum Gasteiger partial charge on any atom is -0.496 e. The second-order valence-corrected chi connectivity index (χ2v) is 6.42. The number of aryl methyl sites for hydroxylation is 2. The number of benzene rings is 3. The Balaban J connectivity index is 1.79. The predicted octanol–water partition coefficient (Wildman–Crippen LogP) is 5.32. The van der Waals surface area contributed by atoms with E-state index in [-0.39, 0.29) is 6.04 Å². The molecule has 2 heteroatoms. The van der Waals surface area contributed by atoms with Gasteiger partial charge in [0.15, 0.2) is 0 Å². The molecule has 24 heavy (non-hydrogen) atoms. The average molecular weight is 319 g/mol. The number of ether oxygens (including phenoxy) is 1. The quantitative estimate of drug-likeness (QED) is 0.687. The van der Waals surface area contributed by atoms with Crippen molar-refractivity contribution in [1.82, 2.24) is 5.32 Å². The number of hydrogen-bond donors (Lipinski definition) is 1. The van der Waals surface area contributed by atoms with Crippen molar-refractivity contribution in [2.45, 2.75) is 33.4 Å². The molecule has 0 aliphatic carbocycles. The van der Waals surface area contributed by atoms with Gasteiger partial charge in [0.05, 0.1) is 7.11 Å². The van der Waals surface area contributed by atoms with Crippen LogP contribution >= 0.6 is 0 Å². The summed E-state index contributed by atoms with van der Waals surface area (Å²) in [6.45, 7) is 7.32. The van der Waals surface area contributed by atoms with Crippen molar-refractivity contribution >= 4 is 10.8 Å². The van der Waals surface area contributed by atoms with Gasteiger partial charge in [0.1, 0.15) is 5.75 Å². The fraction of sp³-hybridized carbons (Fsp3) is 0.273. The van der Waals surface area contributed by atoms with Crippen molar-refractivity contribution < 1.29 is 4.74 Å². The Bertz CT molecular complexity index is 854. The van der Waals surface area contributed by atoms with Crippen LogP contribution in [0.3, 0.4) is 0 Å². The molecular weight excluding hydrogens is 294 g/mol. The maximum Gasteiger partial charge on any atom is 0.121 e. The van der Waals surface area contributed by atoms with Crippen molar-refractivity contribution in [1.29, 1.82) is 0 Å². The Morgan fingerprint density at radius 1 is 0.917 bits per heavy atom. The summed E-state index contributed by atoms with van der Waals surface area (Å²) >= 11 is 0. The van der Waals surface area contributed by atoms with E-state index in [9.17, 15) is 0 Å². The third-order valence-electron chi connectivity index (χ3n) is 4.71. The molecule has 1 unspecified atom stereocenters. The SMILES string of the molecule is COc1ccc(CNC(C)c2ccc(C)c3ccccc23)cc1C. The molecule has 124 valence electrons. The van der Waals surface area contributed by atoms with E-state index in [1.165, 1.54) is 33.0 Å². The lowest BCUT2D eigenvalue weighted by Gasteiger charge is -2.18. The fourth-order valence-electron chi connectivity index (χ4n) is 3.28. The monoisotopic (exact) mass is 319 g/mol. The van der Waals surface area contributed by atoms with Crippen LogP contribution in [0.5, 0.6) is 5.75 Å². The first-order valence-corrected chi connectivity index (χ1v) is 8.45. The summed E-state index contributed by atoms with van der Waals surface area (Å²) in [7, 11) is 1.71. The second-order valence-electron chi connectivity index (χ2n) is 6.42. The van der Waals surface area contributed by atoms with Crippen LogP contribution in [0.4, 0.5) is 0 Å². The third-order valence-corrected chi connectivity index (χ3v) is 4.71. The largest absolute Gasteiger partial charge is 0.496 e. The third kappa shape index (κ3) is 3.29. The first kappa shape index (κ1) is 16.5. The molecule has 0 aliphatic rings. The minimum atomic E-state index is 0.290. The standard InChI is InChI=1S/C22H25NO/c1-15-9-11-20(21-8-6-5-7-19(15)21)17(3)23-14-18-10-12-22(24-4)16(2)13-18/h5-13,17,23H,14H2,1-4H3. The molecule has 0 radical (unpaired) electrons. The summed E-state index contributed by atoms with van der Waals surface area (Å²) in [5, 5.41) is 6.32. The molecule has 0 aliphatic heterocycles. The molecule has 0 saturated heterocycles. The molecule has 0 saturated carbocycles. The van der Waals surface area contributed by atoms with Gasteiger partial charge in [0.25, 0.3) is 0 Å². The summed E-state index contributed by atoms with van der Waals surface area (Å²) in [6, 6.07) is 19.7. The van der Waals surface area contributed by atoms with E-state index in [4.69, 9.17) is 4.74 Å². The van der Waals surface area contributed by atoms with Crippen LogP contribution in [0.1, 0.15) is 35.2 Å². The lowest BCUT2D eigenvalue weighted by Crippen LogP contribution is -2.18. The van der Waals surface area contributed by atoms with Crippen LogP contribution in [-0.2, 0) is 6.54 Å². The molecule has 0 fully saturated rings. The Morgan fingerprint density at radius 2 is 1.67 bits per heavy atom. The molecule has 0 spiro atoms. The van der Waals surface area contributed by atoms with Crippen molar-refractivity contribution in [3.8, 4) is 5.75 Å². The van der Waals surface area contributed by atoms with E-state index in [1.807, 2.05) is 6.07 Å². The van der Waals surface area contributed by atoms with Gasteiger partial charge >= 0.3 is 0 Å². The molecule has 1 N–H and O–H groups in total. The van der Waals surface area contributed by atoms with Crippen molar-refractivity contribution in [3.05, 3.63) is 76.9 Å². The highest BCUT2D eigenvalue weighted by atomic mass is 16.5. The molecule has 0 aromatic heterocycles. The lowest BCUT2D eigenvalue weighted by atomic mass is 9.96. The summed E-state index contributed by atoms with van der Waals surface area (Å²) in [5.74, 6) is 0.941. The van der Waals surface area contributed by atoms with Crippen LogP contribution < -0.4 is 10.1 Å². The molecular formula is C22H25NO. The van der Waals surface area contributed by atoms with Crippen LogP contribution in [-0.4, -0.2) is 7.11 Å². The molecule has 0 heterocycles. The molecule has 3 aromatic rings. The topological polar surface area (TPSA) is 21.3 Å². The Hall–Kier alpha value is -2.32. The normalized spacial score (nSPS) is 12.3. The van der Waals surface area contributed by atoms with Crippen LogP contribution in [0.25, 0.3) is 10.8 Å². The van der Waals surface area contributed by atoms with Crippen molar-refractivity contribution in [3.63, 3.8) is 0 Å². The van der Waals surface area contributed by atoms with E-state index in [1.54, 1.807) is 7.11 Å². The highest BCUT2D eigenvalue weighted by Crippen LogP contribution is 2.27. The van der Waals surface area contributed by atoms with Gasteiger partial charge in [-0.25, -0.2) is 0 Å². The van der Waals surface area contributed by atoms with Gasteiger partial charge < -0.3 is 10.1 Å². The van der Waals surface area contributed by atoms with Gasteiger partial charge in [-0.15, -0.1) is 0 Å². The molecule has 0 amide bonds. The molecule has 2 nitrogen and oxygen atoms in total. The molecule has 0 bridgehead atoms. The Morgan fingerprint density at radius 3 is 2.38 bits per heavy atom. The van der Waals surface area contributed by atoms with E-state index in [0.717, 1.165) is 12.3 Å². The van der Waals surface area contributed by atoms with Gasteiger partial charge in [0, 0.05) is 12.6 Å². The van der Waals surface area contributed by atoms with E-state index in [0.29, 0.717) is 0 Å². The zero-order valence-electron chi connectivity index (χ0n) is 14.9. The molecule has 3 aromatic carbocycles. The summed E-state index contributed by atoms with van der Waals surface area (Å²) in [4.78, 5) is 0. The van der Waals surface area contributed by atoms with Crippen LogP contribution in [0, 0.1) is 13.8 Å². The molecule has 3 rings (SSSR count). The Labute approximate surface area is 144 Å². The van der Waals surface area contributed by atoms with E-state index in [2.05, 4.69) is 74.6 Å². The van der Waals surface area contributed by atoms with E-state index >= 15 is 0 Å². The summed E-state index contributed by atoms with van der Waals surface area (Å²) in [6.07, 6.45) is 0. The number of hydrogen-bond acceptors (Lipinski definition) is 2. The smallest absolute Gasteiger partial charge is 0.121 e. The van der Waals surface area contributed by atoms with Crippen LogP contribution in [0.2, 0.25) is 0 Å². The zero-order chi connectivity index (χ0) is 17.1. The number of nitrogens with one attached hydrogen (secondary N) is 1. The van der Waals surface area contributed by atoms with Crippen LogP contribution in [0.15, 0.2) is 54.6 Å². The number of methoxy groups -OCH3 is 1. The highest BCUT2D eigenvalue weighted by molar-refractivity contribution is 5.88. The predicted molar refractivity (Wildman–Crippen MR) is 102 cm³/mol. The van der Waals surface area contributed by atoms with Crippen molar-refractivity contribution in [2.75, 3.05) is 7.11 Å². The van der Waals surface area contributed by atoms with Gasteiger partial charge in [-0.05, 0) is 59.9 Å². The Kier molecular flexibility index (Phi) is 4.86. The van der Waals surface area contributed by atoms with E-state index < -0.39 is 0 Å². The minimum absolute atomic E-state index is 0.290. The van der Waals surface area contributed by atoms with Crippen molar-refractivity contribution in [2.24, 2.45) is 0 Å². The molecule has 1 atom stereocenters. The zero-order valence-corrected chi connectivity index (χ0v) is 14.9. The summed E-state index contributed by atoms with van der Waals surface area (Å²) < 4.78 is 5.33. The van der Waals surface area contributed by atoms with Gasteiger partial charge in [-0.2, -0.15) is 0 Å². The fourth-order valence-corrected chi connectivity index (χ4v) is 3.28. The second kappa shape index (κ2) is 7.06. The lowest BCUT2D eigenvalue weighted by molar-refractivity contribution is 0.411. The summed E-state index contributed by atoms with van der Waals surface area (Å²) in [5.41, 5.74) is 5.12. The highest BCUT2D eigenvalue weighted by Gasteiger charge is 2.10. The average Bonchev–Trinajstić information content (AvgIpc) is 2.60. The van der Waals surface area contributed by atoms with Gasteiger partial charge in [-0.1, -0.05) is 48.5 Å². The maximum absolute atomic E-state index is 5.33. The first-order chi connectivity index (χ1) is 11.6. The van der Waals surface area contributed by atoms with Gasteiger partial charge in [-0.3, -0.25) is 0 Å². The number of rotatable bonds is 5. The maximum atomic E-state index is 5.33. The number of fused-ring (bicyclic) bond motifs is 1.